The lowest BCUT2D eigenvalue weighted by atomic mass is 10.2. The summed E-state index contributed by atoms with van der Waals surface area (Å²) < 4.78 is 10.9. The quantitative estimate of drug-likeness (QED) is 0.666. The van der Waals surface area contributed by atoms with Crippen molar-refractivity contribution in [3.05, 3.63) is 39.9 Å². The van der Waals surface area contributed by atoms with Gasteiger partial charge in [0.05, 0.1) is 11.5 Å². The summed E-state index contributed by atoms with van der Waals surface area (Å²) >= 11 is 0. The SMILES string of the molecule is CC1(C)OCC(CNC(=O)c2cccc([N+](=O)[O-])c2)O1. The first-order valence-electron chi connectivity index (χ1n) is 6.22. The van der Waals surface area contributed by atoms with E-state index in [2.05, 4.69) is 5.32 Å². The lowest BCUT2D eigenvalue weighted by Gasteiger charge is -2.17. The van der Waals surface area contributed by atoms with E-state index < -0.39 is 10.7 Å². The van der Waals surface area contributed by atoms with Crippen LogP contribution in [-0.2, 0) is 9.47 Å². The van der Waals surface area contributed by atoms with Gasteiger partial charge in [0.25, 0.3) is 11.6 Å². The number of carbonyl (C=O) groups is 1. The molecule has 1 saturated heterocycles. The van der Waals surface area contributed by atoms with Crippen molar-refractivity contribution in [3.63, 3.8) is 0 Å². The average molecular weight is 280 g/mol. The number of nitrogens with one attached hydrogen (secondary N) is 1. The summed E-state index contributed by atoms with van der Waals surface area (Å²) in [6.45, 7) is 4.30. The summed E-state index contributed by atoms with van der Waals surface area (Å²) in [5.74, 6) is -1.01. The molecule has 0 radical (unpaired) electrons. The van der Waals surface area contributed by atoms with Crippen molar-refractivity contribution >= 4 is 11.6 Å². The summed E-state index contributed by atoms with van der Waals surface area (Å²) in [6.07, 6.45) is -0.215. The third-order valence-corrected chi connectivity index (χ3v) is 2.88. The van der Waals surface area contributed by atoms with Gasteiger partial charge < -0.3 is 14.8 Å². The minimum atomic E-state index is -0.638. The maximum atomic E-state index is 11.9. The normalized spacial score (nSPS) is 20.6. The van der Waals surface area contributed by atoms with Crippen LogP contribution in [0.3, 0.4) is 0 Å². The smallest absolute Gasteiger partial charge is 0.270 e. The summed E-state index contributed by atoms with van der Waals surface area (Å²) in [5, 5.41) is 13.3. The van der Waals surface area contributed by atoms with E-state index in [1.165, 1.54) is 24.3 Å². The fraction of sp³-hybridized carbons (Fsp3) is 0.462. The van der Waals surface area contributed by atoms with Gasteiger partial charge in [-0.1, -0.05) is 6.07 Å². The molecule has 1 amide bonds. The van der Waals surface area contributed by atoms with E-state index in [-0.39, 0.29) is 23.3 Å². The summed E-state index contributed by atoms with van der Waals surface area (Å²) in [5.41, 5.74) is 0.136. The van der Waals surface area contributed by atoms with Crippen LogP contribution in [0.15, 0.2) is 24.3 Å². The number of nitro groups is 1. The van der Waals surface area contributed by atoms with Crippen LogP contribution in [0.5, 0.6) is 0 Å². The topological polar surface area (TPSA) is 90.7 Å². The van der Waals surface area contributed by atoms with Crippen molar-refractivity contribution in [3.8, 4) is 0 Å². The molecule has 1 aromatic rings. The van der Waals surface area contributed by atoms with Crippen LogP contribution in [0.25, 0.3) is 0 Å². The highest BCUT2D eigenvalue weighted by Gasteiger charge is 2.32. The number of amides is 1. The van der Waals surface area contributed by atoms with Crippen LogP contribution < -0.4 is 5.32 Å². The molecule has 0 spiro atoms. The molecule has 0 aliphatic carbocycles. The highest BCUT2D eigenvalue weighted by Crippen LogP contribution is 2.21. The zero-order valence-electron chi connectivity index (χ0n) is 11.3. The first-order valence-corrected chi connectivity index (χ1v) is 6.22. The Hall–Kier alpha value is -1.99. The van der Waals surface area contributed by atoms with Crippen LogP contribution in [0.4, 0.5) is 5.69 Å². The van der Waals surface area contributed by atoms with Gasteiger partial charge >= 0.3 is 0 Å². The molecule has 1 N–H and O–H groups in total. The number of carbonyl (C=O) groups excluding carboxylic acids is 1. The highest BCUT2D eigenvalue weighted by molar-refractivity contribution is 5.94. The molecule has 1 aliphatic rings. The van der Waals surface area contributed by atoms with Gasteiger partial charge in [-0.2, -0.15) is 0 Å². The summed E-state index contributed by atoms with van der Waals surface area (Å²) in [4.78, 5) is 22.0. The number of nitrogens with zero attached hydrogens (tertiary/aromatic N) is 1. The Kier molecular flexibility index (Phi) is 4.01. The summed E-state index contributed by atoms with van der Waals surface area (Å²) in [7, 11) is 0. The second-order valence-electron chi connectivity index (χ2n) is 4.97. The molecule has 108 valence electrons. The molecule has 2 rings (SSSR count). The Morgan fingerprint density at radius 3 is 2.90 bits per heavy atom. The van der Waals surface area contributed by atoms with Crippen LogP contribution in [0, 0.1) is 10.1 Å². The Morgan fingerprint density at radius 2 is 2.30 bits per heavy atom. The molecular weight excluding hydrogens is 264 g/mol. The van der Waals surface area contributed by atoms with Gasteiger partial charge in [0.1, 0.15) is 6.10 Å². The molecule has 7 heteroatoms. The maximum Gasteiger partial charge on any atom is 0.270 e. The van der Waals surface area contributed by atoms with Crippen molar-refractivity contribution in [1.82, 2.24) is 5.32 Å². The van der Waals surface area contributed by atoms with E-state index >= 15 is 0 Å². The zero-order valence-corrected chi connectivity index (χ0v) is 11.3. The predicted molar refractivity (Wildman–Crippen MR) is 70.3 cm³/mol. The molecule has 1 atom stereocenters. The fourth-order valence-electron chi connectivity index (χ4n) is 1.93. The lowest BCUT2D eigenvalue weighted by Crippen LogP contribution is -2.34. The summed E-state index contributed by atoms with van der Waals surface area (Å²) in [6, 6.07) is 5.59. The minimum Gasteiger partial charge on any atom is -0.349 e. The second kappa shape index (κ2) is 5.56. The molecule has 0 saturated carbocycles. The Labute approximate surface area is 116 Å². The van der Waals surface area contributed by atoms with E-state index in [9.17, 15) is 14.9 Å². The van der Waals surface area contributed by atoms with Gasteiger partial charge in [-0.05, 0) is 19.9 Å². The van der Waals surface area contributed by atoms with Crippen molar-refractivity contribution in [2.75, 3.05) is 13.2 Å². The maximum absolute atomic E-state index is 11.9. The van der Waals surface area contributed by atoms with Gasteiger partial charge in [-0.3, -0.25) is 14.9 Å². The fourth-order valence-corrected chi connectivity index (χ4v) is 1.93. The molecule has 0 bridgehead atoms. The van der Waals surface area contributed by atoms with E-state index in [1.54, 1.807) is 13.8 Å². The van der Waals surface area contributed by atoms with E-state index in [4.69, 9.17) is 9.47 Å². The predicted octanol–water partition coefficient (Wildman–Crippen LogP) is 1.48. The van der Waals surface area contributed by atoms with Crippen LogP contribution in [0.2, 0.25) is 0 Å². The Balaban J connectivity index is 1.92. The molecule has 1 fully saturated rings. The first-order chi connectivity index (χ1) is 9.37. The van der Waals surface area contributed by atoms with Gasteiger partial charge in [-0.25, -0.2) is 0 Å². The minimum absolute atomic E-state index is 0.112. The molecule has 20 heavy (non-hydrogen) atoms. The molecule has 7 nitrogen and oxygen atoms in total. The monoisotopic (exact) mass is 280 g/mol. The number of hydrogen-bond acceptors (Lipinski definition) is 5. The molecule has 1 aliphatic heterocycles. The largest absolute Gasteiger partial charge is 0.349 e. The molecule has 0 aromatic heterocycles. The molecule has 1 heterocycles. The average Bonchev–Trinajstić information content (AvgIpc) is 2.75. The second-order valence-corrected chi connectivity index (χ2v) is 4.97. The number of nitro benzene ring substituents is 1. The third-order valence-electron chi connectivity index (χ3n) is 2.88. The number of ether oxygens (including phenoxy) is 2. The number of benzene rings is 1. The number of rotatable bonds is 4. The van der Waals surface area contributed by atoms with Gasteiger partial charge in [0.2, 0.25) is 0 Å². The van der Waals surface area contributed by atoms with E-state index in [0.717, 1.165) is 0 Å². The highest BCUT2D eigenvalue weighted by atomic mass is 16.7. The Bertz CT molecular complexity index is 529. The van der Waals surface area contributed by atoms with Crippen LogP contribution >= 0.6 is 0 Å². The van der Waals surface area contributed by atoms with E-state index in [1.807, 2.05) is 0 Å². The first kappa shape index (κ1) is 14.4. The van der Waals surface area contributed by atoms with Crippen LogP contribution in [-0.4, -0.2) is 35.9 Å². The molecule has 1 unspecified atom stereocenters. The molecule has 1 aromatic carbocycles. The van der Waals surface area contributed by atoms with Gasteiger partial charge in [-0.15, -0.1) is 0 Å². The van der Waals surface area contributed by atoms with E-state index in [0.29, 0.717) is 13.2 Å². The zero-order chi connectivity index (χ0) is 14.8. The van der Waals surface area contributed by atoms with Crippen LogP contribution in [0.1, 0.15) is 24.2 Å². The van der Waals surface area contributed by atoms with Crippen molar-refractivity contribution in [2.45, 2.75) is 25.7 Å². The van der Waals surface area contributed by atoms with Crippen molar-refractivity contribution in [1.29, 1.82) is 0 Å². The van der Waals surface area contributed by atoms with Crippen molar-refractivity contribution < 1.29 is 19.2 Å². The number of non-ortho nitro benzene ring substituents is 1. The lowest BCUT2D eigenvalue weighted by molar-refractivity contribution is -0.384. The number of hydrogen-bond donors (Lipinski definition) is 1. The standard InChI is InChI=1S/C13H16N2O5/c1-13(2)19-8-11(20-13)7-14-12(16)9-4-3-5-10(6-9)15(17)18/h3-6,11H,7-8H2,1-2H3,(H,14,16). The van der Waals surface area contributed by atoms with Gasteiger partial charge in [0.15, 0.2) is 5.79 Å². The molecular formula is C13H16N2O5. The Morgan fingerprint density at radius 1 is 1.55 bits per heavy atom. The van der Waals surface area contributed by atoms with Crippen molar-refractivity contribution in [2.24, 2.45) is 0 Å². The van der Waals surface area contributed by atoms with Gasteiger partial charge in [0, 0.05) is 24.2 Å². The third kappa shape index (κ3) is 3.52.